The number of esters is 2. The van der Waals surface area contributed by atoms with Gasteiger partial charge in [0, 0.05) is 20.3 Å². The molecule has 0 radical (unpaired) electrons. The van der Waals surface area contributed by atoms with Crippen LogP contribution < -0.4 is 0 Å². The Morgan fingerprint density at radius 1 is 1.20 bits per heavy atom. The maximum Gasteiger partial charge on any atom is 0.303 e. The second-order valence-electron chi connectivity index (χ2n) is 3.32. The lowest BCUT2D eigenvalue weighted by Gasteiger charge is -2.32. The van der Waals surface area contributed by atoms with Crippen molar-refractivity contribution in [1.82, 2.24) is 0 Å². The molecular formula is C9H14O6. The van der Waals surface area contributed by atoms with Gasteiger partial charge in [0.05, 0.1) is 6.61 Å². The molecule has 0 amide bonds. The van der Waals surface area contributed by atoms with Crippen molar-refractivity contribution in [2.75, 3.05) is 6.61 Å². The predicted molar refractivity (Wildman–Crippen MR) is 47.7 cm³/mol. The highest BCUT2D eigenvalue weighted by atomic mass is 16.6. The molecule has 6 nitrogen and oxygen atoms in total. The van der Waals surface area contributed by atoms with Gasteiger partial charge in [0.25, 0.3) is 0 Å². The fourth-order valence-electron chi connectivity index (χ4n) is 1.39. The molecule has 0 spiro atoms. The van der Waals surface area contributed by atoms with Gasteiger partial charge >= 0.3 is 11.9 Å². The smallest absolute Gasteiger partial charge is 0.303 e. The van der Waals surface area contributed by atoms with Crippen molar-refractivity contribution in [2.24, 2.45) is 0 Å². The molecule has 0 aromatic heterocycles. The van der Waals surface area contributed by atoms with E-state index in [-0.39, 0.29) is 13.0 Å². The first-order valence-electron chi connectivity index (χ1n) is 4.63. The Bertz CT molecular complexity index is 251. The van der Waals surface area contributed by atoms with Crippen molar-refractivity contribution in [3.05, 3.63) is 0 Å². The zero-order chi connectivity index (χ0) is 11.4. The highest BCUT2D eigenvalue weighted by Gasteiger charge is 2.34. The first kappa shape index (κ1) is 11.9. The topological polar surface area (TPSA) is 82.1 Å². The molecule has 6 heteroatoms. The van der Waals surface area contributed by atoms with Gasteiger partial charge in [0.2, 0.25) is 0 Å². The van der Waals surface area contributed by atoms with E-state index in [4.69, 9.17) is 14.2 Å². The standard InChI is InChI=1S/C9H14O6/c1-5(10)14-7-3-9(12)13-4-8(7)15-6(2)11/h7-9,12H,3-4H2,1-2H3/t7-,8-,9-/m0/s1. The zero-order valence-electron chi connectivity index (χ0n) is 8.63. The number of rotatable bonds is 2. The van der Waals surface area contributed by atoms with Crippen molar-refractivity contribution in [1.29, 1.82) is 0 Å². The summed E-state index contributed by atoms with van der Waals surface area (Å²) in [6.07, 6.45) is -2.16. The van der Waals surface area contributed by atoms with Gasteiger partial charge in [-0.1, -0.05) is 0 Å². The van der Waals surface area contributed by atoms with Crippen LogP contribution in [0.4, 0.5) is 0 Å². The van der Waals surface area contributed by atoms with Crippen molar-refractivity contribution < 1.29 is 28.9 Å². The molecule has 1 heterocycles. The quantitative estimate of drug-likeness (QED) is 0.634. The summed E-state index contributed by atoms with van der Waals surface area (Å²) in [5, 5.41) is 9.19. The average Bonchev–Trinajstić information content (AvgIpc) is 2.08. The van der Waals surface area contributed by atoms with Gasteiger partial charge < -0.3 is 19.3 Å². The molecular weight excluding hydrogens is 204 g/mol. The van der Waals surface area contributed by atoms with Crippen LogP contribution in [0, 0.1) is 0 Å². The summed E-state index contributed by atoms with van der Waals surface area (Å²) in [4.78, 5) is 21.5. The van der Waals surface area contributed by atoms with Crippen molar-refractivity contribution >= 4 is 11.9 Å². The number of carbonyl (C=O) groups excluding carboxylic acids is 2. The van der Waals surface area contributed by atoms with Gasteiger partial charge in [0.15, 0.2) is 12.4 Å². The van der Waals surface area contributed by atoms with Crippen molar-refractivity contribution in [3.8, 4) is 0 Å². The van der Waals surface area contributed by atoms with E-state index in [0.717, 1.165) is 0 Å². The molecule has 0 unspecified atom stereocenters. The molecule has 1 rings (SSSR count). The number of hydrogen-bond donors (Lipinski definition) is 1. The van der Waals surface area contributed by atoms with E-state index in [1.807, 2.05) is 0 Å². The first-order valence-corrected chi connectivity index (χ1v) is 4.63. The van der Waals surface area contributed by atoms with Gasteiger partial charge in [-0.2, -0.15) is 0 Å². The molecule has 0 saturated carbocycles. The Morgan fingerprint density at radius 3 is 2.27 bits per heavy atom. The average molecular weight is 218 g/mol. The van der Waals surface area contributed by atoms with E-state index in [1.165, 1.54) is 13.8 Å². The van der Waals surface area contributed by atoms with E-state index < -0.39 is 30.4 Å². The van der Waals surface area contributed by atoms with Crippen LogP contribution in [0.15, 0.2) is 0 Å². The third-order valence-corrected chi connectivity index (χ3v) is 1.94. The van der Waals surface area contributed by atoms with Crippen LogP contribution in [0.25, 0.3) is 0 Å². The summed E-state index contributed by atoms with van der Waals surface area (Å²) in [5.74, 6) is -0.955. The molecule has 1 N–H and O–H groups in total. The second-order valence-corrected chi connectivity index (χ2v) is 3.32. The number of aliphatic hydroxyl groups is 1. The van der Waals surface area contributed by atoms with Gasteiger partial charge in [-0.3, -0.25) is 9.59 Å². The maximum atomic E-state index is 10.8. The van der Waals surface area contributed by atoms with E-state index in [2.05, 4.69) is 0 Å². The Hall–Kier alpha value is -1.14. The lowest BCUT2D eigenvalue weighted by Crippen LogP contribution is -2.45. The number of carbonyl (C=O) groups is 2. The molecule has 0 aromatic rings. The minimum atomic E-state index is -0.985. The minimum absolute atomic E-state index is 0.0265. The van der Waals surface area contributed by atoms with Crippen LogP contribution in [0.1, 0.15) is 20.3 Å². The Kier molecular flexibility index (Phi) is 4.05. The molecule has 15 heavy (non-hydrogen) atoms. The summed E-state index contributed by atoms with van der Waals surface area (Å²) in [5.41, 5.74) is 0. The molecule has 3 atom stereocenters. The number of aliphatic hydroxyl groups excluding tert-OH is 1. The van der Waals surface area contributed by atoms with Crippen LogP contribution in [-0.4, -0.2) is 42.1 Å². The van der Waals surface area contributed by atoms with Crippen LogP contribution in [-0.2, 0) is 23.8 Å². The predicted octanol–water partition coefficient (Wildman–Crippen LogP) is -0.412. The lowest BCUT2D eigenvalue weighted by atomic mass is 10.1. The Labute approximate surface area is 87.1 Å². The van der Waals surface area contributed by atoms with E-state index >= 15 is 0 Å². The van der Waals surface area contributed by atoms with E-state index in [9.17, 15) is 14.7 Å². The van der Waals surface area contributed by atoms with Crippen LogP contribution in [0.2, 0.25) is 0 Å². The SMILES string of the molecule is CC(=O)O[C@H]1CO[C@H](O)C[C@@H]1OC(C)=O. The summed E-state index contributed by atoms with van der Waals surface area (Å²) in [6.45, 7) is 2.54. The number of hydrogen-bond acceptors (Lipinski definition) is 6. The summed E-state index contributed by atoms with van der Waals surface area (Å²) in [6, 6.07) is 0. The van der Waals surface area contributed by atoms with E-state index in [1.54, 1.807) is 0 Å². The van der Waals surface area contributed by atoms with Crippen LogP contribution in [0.3, 0.4) is 0 Å². The Balaban J connectivity index is 2.57. The van der Waals surface area contributed by atoms with Crippen molar-refractivity contribution in [2.45, 2.75) is 38.8 Å². The summed E-state index contributed by atoms with van der Waals surface area (Å²) in [7, 11) is 0. The molecule has 1 aliphatic heterocycles. The first-order chi connectivity index (χ1) is 6.99. The highest BCUT2D eigenvalue weighted by Crippen LogP contribution is 2.19. The lowest BCUT2D eigenvalue weighted by molar-refractivity contribution is -0.216. The van der Waals surface area contributed by atoms with Gasteiger partial charge in [0.1, 0.15) is 6.10 Å². The number of ether oxygens (including phenoxy) is 3. The molecule has 0 aromatic carbocycles. The third kappa shape index (κ3) is 3.85. The molecule has 0 bridgehead atoms. The fourth-order valence-corrected chi connectivity index (χ4v) is 1.39. The van der Waals surface area contributed by atoms with Crippen LogP contribution in [0.5, 0.6) is 0 Å². The summed E-state index contributed by atoms with van der Waals surface area (Å²) >= 11 is 0. The monoisotopic (exact) mass is 218 g/mol. The summed E-state index contributed by atoms with van der Waals surface area (Å²) < 4.78 is 14.7. The van der Waals surface area contributed by atoms with E-state index in [0.29, 0.717) is 0 Å². The van der Waals surface area contributed by atoms with Gasteiger partial charge in [-0.05, 0) is 0 Å². The fraction of sp³-hybridized carbons (Fsp3) is 0.778. The normalized spacial score (nSPS) is 30.7. The minimum Gasteiger partial charge on any atom is -0.458 e. The molecule has 1 fully saturated rings. The van der Waals surface area contributed by atoms with Gasteiger partial charge in [-0.15, -0.1) is 0 Å². The highest BCUT2D eigenvalue weighted by molar-refractivity contribution is 5.67. The van der Waals surface area contributed by atoms with Gasteiger partial charge in [-0.25, -0.2) is 0 Å². The van der Waals surface area contributed by atoms with Crippen molar-refractivity contribution in [3.63, 3.8) is 0 Å². The molecule has 1 aliphatic rings. The zero-order valence-corrected chi connectivity index (χ0v) is 8.63. The Morgan fingerprint density at radius 2 is 1.73 bits per heavy atom. The largest absolute Gasteiger partial charge is 0.458 e. The maximum absolute atomic E-state index is 10.8. The third-order valence-electron chi connectivity index (χ3n) is 1.94. The second kappa shape index (κ2) is 5.09. The molecule has 0 aliphatic carbocycles. The molecule has 1 saturated heterocycles. The molecule has 86 valence electrons. The van der Waals surface area contributed by atoms with Crippen LogP contribution >= 0.6 is 0 Å².